The summed E-state index contributed by atoms with van der Waals surface area (Å²) in [7, 11) is -0.452. The summed E-state index contributed by atoms with van der Waals surface area (Å²) in [6.45, 7) is 8.47. The summed E-state index contributed by atoms with van der Waals surface area (Å²) in [6.07, 6.45) is 0. The van der Waals surface area contributed by atoms with E-state index in [4.69, 9.17) is 9.31 Å². The summed E-state index contributed by atoms with van der Waals surface area (Å²) in [6, 6.07) is 32.6. The van der Waals surface area contributed by atoms with Crippen molar-refractivity contribution in [1.29, 1.82) is 0 Å². The highest BCUT2D eigenvalue weighted by molar-refractivity contribution is 7.99. The fraction of sp³-hybridized carbons (Fsp3) is 0.188. The fourth-order valence-corrected chi connectivity index (χ4v) is 7.14. The van der Waals surface area contributed by atoms with Crippen LogP contribution in [-0.4, -0.2) is 27.5 Å². The molecule has 6 heteroatoms. The van der Waals surface area contributed by atoms with Gasteiger partial charge in [0.2, 0.25) is 0 Å². The Balaban J connectivity index is 1.58. The van der Waals surface area contributed by atoms with E-state index in [-0.39, 0.29) is 0 Å². The molecule has 1 fully saturated rings. The minimum absolute atomic E-state index is 0.416. The summed E-state index contributed by atoms with van der Waals surface area (Å²) in [4.78, 5) is 2.54. The molecule has 4 aromatic carbocycles. The molecular formula is C32H27BN2O2S. The molecule has 8 rings (SSSR count). The molecule has 0 amide bonds. The van der Waals surface area contributed by atoms with E-state index in [1.807, 2.05) is 11.8 Å². The van der Waals surface area contributed by atoms with E-state index in [1.54, 1.807) is 0 Å². The van der Waals surface area contributed by atoms with Crippen molar-refractivity contribution >= 4 is 57.2 Å². The Bertz CT molecular complexity index is 1900. The van der Waals surface area contributed by atoms with E-state index in [1.165, 1.54) is 42.8 Å². The molecule has 6 aromatic rings. The zero-order chi connectivity index (χ0) is 25.8. The highest BCUT2D eigenvalue weighted by Crippen LogP contribution is 2.49. The second kappa shape index (κ2) is 7.57. The smallest absolute Gasteiger partial charge is 0.399 e. The molecule has 0 bridgehead atoms. The van der Waals surface area contributed by atoms with Gasteiger partial charge >= 0.3 is 7.12 Å². The minimum atomic E-state index is -0.452. The third kappa shape index (κ3) is 2.85. The first-order valence-corrected chi connectivity index (χ1v) is 14.0. The number of para-hydroxylation sites is 3. The van der Waals surface area contributed by atoms with Crippen LogP contribution in [0.15, 0.2) is 101 Å². The van der Waals surface area contributed by atoms with Crippen LogP contribution >= 0.6 is 11.8 Å². The predicted molar refractivity (Wildman–Crippen MR) is 157 cm³/mol. The Morgan fingerprint density at radius 1 is 0.658 bits per heavy atom. The fourth-order valence-electron chi connectivity index (χ4n) is 6.05. The lowest BCUT2D eigenvalue weighted by molar-refractivity contribution is 0.00578. The van der Waals surface area contributed by atoms with Gasteiger partial charge in [0.25, 0.3) is 0 Å². The van der Waals surface area contributed by atoms with Crippen molar-refractivity contribution in [2.45, 2.75) is 48.7 Å². The molecule has 4 heterocycles. The number of nitrogens with zero attached hydrogens (tertiary/aromatic N) is 2. The van der Waals surface area contributed by atoms with Crippen LogP contribution in [0.4, 0.5) is 0 Å². The summed E-state index contributed by atoms with van der Waals surface area (Å²) in [5.41, 5.74) is 6.18. The van der Waals surface area contributed by atoms with Gasteiger partial charge in [-0.1, -0.05) is 66.4 Å². The Morgan fingerprint density at radius 2 is 1.34 bits per heavy atom. The number of benzene rings is 4. The molecule has 2 aromatic heterocycles. The zero-order valence-corrected chi connectivity index (χ0v) is 22.7. The van der Waals surface area contributed by atoms with Crippen LogP contribution < -0.4 is 5.46 Å². The van der Waals surface area contributed by atoms with Crippen molar-refractivity contribution in [3.63, 3.8) is 0 Å². The first kappa shape index (κ1) is 22.5. The van der Waals surface area contributed by atoms with Gasteiger partial charge < -0.3 is 9.31 Å². The third-order valence-electron chi connectivity index (χ3n) is 8.55. The maximum absolute atomic E-state index is 6.62. The monoisotopic (exact) mass is 514 g/mol. The summed E-state index contributed by atoms with van der Waals surface area (Å²) in [5, 5.41) is 3.68. The molecule has 1 saturated heterocycles. The maximum atomic E-state index is 6.62. The van der Waals surface area contributed by atoms with E-state index in [0.29, 0.717) is 0 Å². The van der Waals surface area contributed by atoms with E-state index in [2.05, 4.69) is 128 Å². The molecule has 4 nitrogen and oxygen atoms in total. The Hall–Kier alpha value is -3.45. The topological polar surface area (TPSA) is 28.3 Å². The molecular weight excluding hydrogens is 487 g/mol. The summed E-state index contributed by atoms with van der Waals surface area (Å²) < 4.78 is 18.1. The van der Waals surface area contributed by atoms with Gasteiger partial charge in [0, 0.05) is 31.6 Å². The van der Waals surface area contributed by atoms with Crippen molar-refractivity contribution < 1.29 is 9.31 Å². The van der Waals surface area contributed by atoms with Crippen LogP contribution in [0.5, 0.6) is 0 Å². The first-order valence-electron chi connectivity index (χ1n) is 13.1. The largest absolute Gasteiger partial charge is 0.495 e. The maximum Gasteiger partial charge on any atom is 0.495 e. The quantitative estimate of drug-likeness (QED) is 0.224. The molecule has 2 aliphatic heterocycles. The molecule has 2 aliphatic rings. The standard InChI is InChI=1S/C32H27BN2O2S/c1-31(2)32(3,4)37-33(36-31)22-15-11-17-24-28(22)27-21-14-10-19-26-29(21)35(23-16-8-9-18-25(23)38-26)30(27)34(24)20-12-6-5-7-13-20/h5-19H,1-4H3. The van der Waals surface area contributed by atoms with Crippen LogP contribution in [-0.2, 0) is 9.31 Å². The highest BCUT2D eigenvalue weighted by atomic mass is 32.2. The molecule has 186 valence electrons. The normalized spacial score (nSPS) is 17.5. The van der Waals surface area contributed by atoms with Crippen molar-refractivity contribution in [2.75, 3.05) is 0 Å². The van der Waals surface area contributed by atoms with Crippen LogP contribution in [0.25, 0.3) is 44.2 Å². The van der Waals surface area contributed by atoms with Crippen molar-refractivity contribution in [3.8, 4) is 11.4 Å². The first-order chi connectivity index (χ1) is 18.4. The van der Waals surface area contributed by atoms with Gasteiger partial charge in [-0.3, -0.25) is 9.13 Å². The lowest BCUT2D eigenvalue weighted by Gasteiger charge is -2.32. The Kier molecular flexibility index (Phi) is 4.49. The van der Waals surface area contributed by atoms with Gasteiger partial charge in [-0.15, -0.1) is 0 Å². The second-order valence-electron chi connectivity index (χ2n) is 11.3. The lowest BCUT2D eigenvalue weighted by atomic mass is 9.76. The van der Waals surface area contributed by atoms with Gasteiger partial charge in [0.15, 0.2) is 0 Å². The van der Waals surface area contributed by atoms with Crippen LogP contribution in [0.3, 0.4) is 0 Å². The minimum Gasteiger partial charge on any atom is -0.399 e. The lowest BCUT2D eigenvalue weighted by Crippen LogP contribution is -2.41. The van der Waals surface area contributed by atoms with Crippen molar-refractivity contribution in [1.82, 2.24) is 9.13 Å². The second-order valence-corrected chi connectivity index (χ2v) is 12.3. The average molecular weight is 514 g/mol. The molecule has 0 unspecified atom stereocenters. The average Bonchev–Trinajstić information content (AvgIpc) is 3.50. The summed E-state index contributed by atoms with van der Waals surface area (Å²) in [5.74, 6) is 0. The van der Waals surface area contributed by atoms with Gasteiger partial charge in [-0.2, -0.15) is 0 Å². The van der Waals surface area contributed by atoms with E-state index < -0.39 is 18.3 Å². The molecule has 0 spiro atoms. The Morgan fingerprint density at radius 3 is 2.13 bits per heavy atom. The van der Waals surface area contributed by atoms with Gasteiger partial charge in [-0.25, -0.2) is 0 Å². The van der Waals surface area contributed by atoms with E-state index in [0.717, 1.165) is 16.7 Å². The van der Waals surface area contributed by atoms with Crippen LogP contribution in [0.1, 0.15) is 27.7 Å². The third-order valence-corrected chi connectivity index (χ3v) is 9.67. The molecule has 0 atom stereocenters. The van der Waals surface area contributed by atoms with Crippen LogP contribution in [0.2, 0.25) is 0 Å². The number of fused-ring (bicyclic) bond motifs is 7. The van der Waals surface area contributed by atoms with Gasteiger partial charge in [-0.05, 0) is 69.6 Å². The van der Waals surface area contributed by atoms with Crippen molar-refractivity contribution in [3.05, 3.63) is 91.0 Å². The SMILES string of the molecule is CC1(C)OB(c2cccc3c2c2c4cccc5c4n(c2n3-c2ccccc2)-c2ccccc2S5)OC1(C)C. The van der Waals surface area contributed by atoms with Crippen molar-refractivity contribution in [2.24, 2.45) is 0 Å². The highest BCUT2D eigenvalue weighted by Gasteiger charge is 2.52. The van der Waals surface area contributed by atoms with E-state index in [9.17, 15) is 0 Å². The Labute approximate surface area is 226 Å². The molecule has 0 radical (unpaired) electrons. The number of rotatable bonds is 2. The zero-order valence-electron chi connectivity index (χ0n) is 21.9. The molecule has 38 heavy (non-hydrogen) atoms. The molecule has 0 saturated carbocycles. The van der Waals surface area contributed by atoms with Gasteiger partial charge in [0.1, 0.15) is 5.65 Å². The number of hydrogen-bond donors (Lipinski definition) is 0. The van der Waals surface area contributed by atoms with E-state index >= 15 is 0 Å². The predicted octanol–water partition coefficient (Wildman–Crippen LogP) is 7.49. The summed E-state index contributed by atoms with van der Waals surface area (Å²) >= 11 is 1.85. The number of aromatic nitrogens is 2. The molecule has 0 aliphatic carbocycles. The van der Waals surface area contributed by atoms with Crippen LogP contribution in [0, 0.1) is 0 Å². The number of hydrogen-bond acceptors (Lipinski definition) is 3. The molecule has 0 N–H and O–H groups in total. The van der Waals surface area contributed by atoms with Gasteiger partial charge in [0.05, 0.1) is 27.9 Å².